The van der Waals surface area contributed by atoms with Crippen LogP contribution in [0.25, 0.3) is 6.08 Å². The van der Waals surface area contributed by atoms with Crippen molar-refractivity contribution in [3.05, 3.63) is 52.6 Å². The molecular weight excluding hydrogens is 338 g/mol. The van der Waals surface area contributed by atoms with E-state index < -0.39 is 0 Å². The van der Waals surface area contributed by atoms with Crippen LogP contribution in [0.4, 0.5) is 0 Å². The van der Waals surface area contributed by atoms with Crippen LogP contribution >= 0.6 is 0 Å². The van der Waals surface area contributed by atoms with Gasteiger partial charge in [-0.1, -0.05) is 38.1 Å². The third-order valence-corrected chi connectivity index (χ3v) is 4.23. The minimum atomic E-state index is -0.0389. The largest absolute Gasteiger partial charge is 0.493 e. The van der Waals surface area contributed by atoms with Crippen molar-refractivity contribution in [1.29, 1.82) is 15.8 Å². The van der Waals surface area contributed by atoms with Gasteiger partial charge in [-0.25, -0.2) is 0 Å². The highest BCUT2D eigenvalue weighted by Crippen LogP contribution is 2.39. The van der Waals surface area contributed by atoms with E-state index in [0.717, 1.165) is 23.1 Å². The zero-order chi connectivity index (χ0) is 19.9. The Kier molecular flexibility index (Phi) is 6.42. The predicted molar refractivity (Wildman–Crippen MR) is 102 cm³/mol. The summed E-state index contributed by atoms with van der Waals surface area (Å²) >= 11 is 0. The Morgan fingerprint density at radius 2 is 1.85 bits per heavy atom. The Morgan fingerprint density at radius 3 is 2.48 bits per heavy atom. The first-order chi connectivity index (χ1) is 12.9. The molecule has 2 rings (SSSR count). The van der Waals surface area contributed by atoms with Gasteiger partial charge in [0.05, 0.1) is 7.11 Å². The Hall–Kier alpha value is -3.49. The summed E-state index contributed by atoms with van der Waals surface area (Å²) in [6, 6.07) is 11.4. The molecule has 0 heterocycles. The second-order valence-corrected chi connectivity index (χ2v) is 7.05. The van der Waals surface area contributed by atoms with Crippen molar-refractivity contribution in [1.82, 2.24) is 0 Å². The third kappa shape index (κ3) is 5.24. The zero-order valence-corrected chi connectivity index (χ0v) is 15.7. The van der Waals surface area contributed by atoms with E-state index >= 15 is 0 Å². The van der Waals surface area contributed by atoms with Crippen molar-refractivity contribution in [3.63, 3.8) is 0 Å². The number of nitriles is 3. The maximum absolute atomic E-state index is 9.16. The number of methoxy groups -OCH3 is 1. The van der Waals surface area contributed by atoms with Crippen molar-refractivity contribution in [3.8, 4) is 29.7 Å². The summed E-state index contributed by atoms with van der Waals surface area (Å²) in [4.78, 5) is 0. The molecule has 1 aliphatic rings. The van der Waals surface area contributed by atoms with Crippen LogP contribution in [-0.4, -0.2) is 13.7 Å². The van der Waals surface area contributed by atoms with Crippen molar-refractivity contribution in [2.45, 2.75) is 26.7 Å². The molecule has 27 heavy (non-hydrogen) atoms. The van der Waals surface area contributed by atoms with Crippen molar-refractivity contribution < 1.29 is 9.47 Å². The summed E-state index contributed by atoms with van der Waals surface area (Å²) in [7, 11) is 1.55. The molecule has 0 aliphatic heterocycles. The Bertz CT molecular complexity index is 916. The van der Waals surface area contributed by atoms with Gasteiger partial charge in [-0.3, -0.25) is 0 Å². The summed E-state index contributed by atoms with van der Waals surface area (Å²) < 4.78 is 10.7. The number of rotatable bonds is 5. The Morgan fingerprint density at radius 1 is 1.11 bits per heavy atom. The Balaban J connectivity index is 2.31. The highest BCUT2D eigenvalue weighted by Gasteiger charge is 2.26. The van der Waals surface area contributed by atoms with Gasteiger partial charge in [-0.2, -0.15) is 15.8 Å². The number of hydrogen-bond donors (Lipinski definition) is 0. The summed E-state index contributed by atoms with van der Waals surface area (Å²) in [6.07, 6.45) is 7.46. The first-order valence-electron chi connectivity index (χ1n) is 8.52. The lowest BCUT2D eigenvalue weighted by atomic mass is 9.74. The molecule has 0 bridgehead atoms. The molecule has 1 aliphatic carbocycles. The molecule has 5 heteroatoms. The lowest BCUT2D eigenvalue weighted by Gasteiger charge is -2.30. The quantitative estimate of drug-likeness (QED) is 0.711. The van der Waals surface area contributed by atoms with Crippen LogP contribution in [0.3, 0.4) is 0 Å². The summed E-state index contributed by atoms with van der Waals surface area (Å²) in [6.45, 7) is 4.22. The van der Waals surface area contributed by atoms with E-state index in [-0.39, 0.29) is 17.6 Å². The highest BCUT2D eigenvalue weighted by atomic mass is 16.5. The molecule has 0 unspecified atom stereocenters. The molecule has 0 atom stereocenters. The summed E-state index contributed by atoms with van der Waals surface area (Å²) in [5, 5.41) is 27.0. The normalized spacial score (nSPS) is 15.3. The van der Waals surface area contributed by atoms with E-state index in [1.807, 2.05) is 48.6 Å². The van der Waals surface area contributed by atoms with E-state index in [0.29, 0.717) is 17.9 Å². The van der Waals surface area contributed by atoms with E-state index in [1.54, 1.807) is 13.2 Å². The molecule has 136 valence electrons. The topological polar surface area (TPSA) is 89.8 Å². The van der Waals surface area contributed by atoms with Gasteiger partial charge < -0.3 is 9.47 Å². The number of benzene rings is 1. The first kappa shape index (κ1) is 19.8. The molecule has 0 radical (unpaired) electrons. The lowest BCUT2D eigenvalue weighted by Crippen LogP contribution is -2.17. The van der Waals surface area contributed by atoms with Gasteiger partial charge in [0, 0.05) is 0 Å². The minimum absolute atomic E-state index is 0.0185. The molecule has 0 saturated carbocycles. The summed E-state index contributed by atoms with van der Waals surface area (Å²) in [5.41, 5.74) is 2.93. The molecule has 1 aromatic rings. The van der Waals surface area contributed by atoms with Crippen LogP contribution in [0.1, 0.15) is 32.3 Å². The number of ether oxygens (including phenoxy) is 2. The lowest BCUT2D eigenvalue weighted by molar-refractivity contribution is 0.329. The molecule has 0 amide bonds. The van der Waals surface area contributed by atoms with Gasteiger partial charge in [0.2, 0.25) is 0 Å². The van der Waals surface area contributed by atoms with Crippen LogP contribution in [0, 0.1) is 39.4 Å². The van der Waals surface area contributed by atoms with Crippen molar-refractivity contribution in [2.75, 3.05) is 13.7 Å². The van der Waals surface area contributed by atoms with Crippen LogP contribution in [0.5, 0.6) is 11.5 Å². The zero-order valence-electron chi connectivity index (χ0n) is 15.7. The minimum Gasteiger partial charge on any atom is -0.493 e. The number of allylic oxidation sites excluding steroid dienone is 5. The van der Waals surface area contributed by atoms with Gasteiger partial charge in [0.25, 0.3) is 0 Å². The Labute approximate surface area is 160 Å². The smallest absolute Gasteiger partial charge is 0.174 e. The SMILES string of the molecule is COc1cc(/C=C/C2=CC(=C(C#N)C#N)CC(C)(C)C2)ccc1OCC#N. The molecule has 1 aromatic carbocycles. The third-order valence-electron chi connectivity index (χ3n) is 4.23. The monoisotopic (exact) mass is 359 g/mol. The van der Waals surface area contributed by atoms with Crippen molar-refractivity contribution in [2.24, 2.45) is 5.41 Å². The number of hydrogen-bond acceptors (Lipinski definition) is 5. The average molecular weight is 359 g/mol. The average Bonchev–Trinajstić information content (AvgIpc) is 2.64. The van der Waals surface area contributed by atoms with Crippen LogP contribution in [-0.2, 0) is 0 Å². The first-order valence-corrected chi connectivity index (χ1v) is 8.52. The van der Waals surface area contributed by atoms with Gasteiger partial charge in [-0.15, -0.1) is 0 Å². The number of nitrogens with zero attached hydrogens (tertiary/aromatic N) is 3. The maximum atomic E-state index is 9.16. The predicted octanol–water partition coefficient (Wildman–Crippen LogP) is 4.70. The second kappa shape index (κ2) is 8.75. The molecule has 5 nitrogen and oxygen atoms in total. The van der Waals surface area contributed by atoms with Gasteiger partial charge in [-0.05, 0) is 47.1 Å². The maximum Gasteiger partial charge on any atom is 0.174 e. The van der Waals surface area contributed by atoms with E-state index in [9.17, 15) is 0 Å². The molecule has 0 saturated heterocycles. The summed E-state index contributed by atoms with van der Waals surface area (Å²) in [5.74, 6) is 1.08. The molecular formula is C22H21N3O2. The fourth-order valence-corrected chi connectivity index (χ4v) is 3.11. The highest BCUT2D eigenvalue weighted by molar-refractivity contribution is 5.59. The second-order valence-electron chi connectivity index (χ2n) is 7.05. The fraction of sp³-hybridized carbons (Fsp3) is 0.318. The molecule has 0 spiro atoms. The van der Waals surface area contributed by atoms with Gasteiger partial charge in [0.15, 0.2) is 18.1 Å². The molecule has 0 aromatic heterocycles. The molecule has 0 fully saturated rings. The van der Waals surface area contributed by atoms with E-state index in [1.165, 1.54) is 0 Å². The van der Waals surface area contributed by atoms with E-state index in [4.69, 9.17) is 25.3 Å². The molecule has 0 N–H and O–H groups in total. The van der Waals surface area contributed by atoms with Crippen LogP contribution in [0.2, 0.25) is 0 Å². The van der Waals surface area contributed by atoms with Crippen molar-refractivity contribution >= 4 is 6.08 Å². The van der Waals surface area contributed by atoms with Gasteiger partial charge >= 0.3 is 0 Å². The van der Waals surface area contributed by atoms with E-state index in [2.05, 4.69) is 13.8 Å². The standard InChI is InChI=1S/C22H21N3O2/c1-22(2)12-17(10-18(13-22)19(14-24)15-25)5-4-16-6-7-20(27-9-8-23)21(11-16)26-3/h4-7,10-11H,9,12-13H2,1-3H3/b5-4+. The van der Waals surface area contributed by atoms with Crippen LogP contribution in [0.15, 0.2) is 47.1 Å². The van der Waals surface area contributed by atoms with Crippen LogP contribution < -0.4 is 9.47 Å². The van der Waals surface area contributed by atoms with Gasteiger partial charge in [0.1, 0.15) is 23.8 Å². The fourth-order valence-electron chi connectivity index (χ4n) is 3.11.